The van der Waals surface area contributed by atoms with Crippen LogP contribution in [0.1, 0.15) is 68.2 Å². The van der Waals surface area contributed by atoms with Crippen molar-refractivity contribution in [1.82, 2.24) is 0 Å². The summed E-state index contributed by atoms with van der Waals surface area (Å²) in [6.07, 6.45) is 0.707. The maximum atomic E-state index is 9.91. The number of hydrogen-bond acceptors (Lipinski definition) is 5. The van der Waals surface area contributed by atoms with Crippen LogP contribution < -0.4 is 0 Å². The molecule has 0 atom stereocenters. The lowest BCUT2D eigenvalue weighted by molar-refractivity contribution is -0.0718. The molecule has 0 rings (SSSR count). The number of hydrogen-bond donors (Lipinski definition) is 3. The highest BCUT2D eigenvalue weighted by Gasteiger charge is 2.37. The molecule has 0 heterocycles. The molecule has 0 bridgehead atoms. The van der Waals surface area contributed by atoms with E-state index in [0.717, 1.165) is 0 Å². The predicted molar refractivity (Wildman–Crippen MR) is 80.1 cm³/mol. The van der Waals surface area contributed by atoms with Crippen LogP contribution in [-0.4, -0.2) is 45.0 Å². The third kappa shape index (κ3) is 10.6. The van der Waals surface area contributed by atoms with Gasteiger partial charge in [-0.25, -0.2) is 0 Å². The maximum Gasteiger partial charge on any atom is 0.637 e. The Morgan fingerprint density at radius 3 is 1.15 bits per heavy atom. The van der Waals surface area contributed by atoms with Gasteiger partial charge in [-0.05, 0) is 55.4 Å². The summed E-state index contributed by atoms with van der Waals surface area (Å²) in [5.41, 5.74) is -3.26. The summed E-state index contributed by atoms with van der Waals surface area (Å²) in [6.45, 7) is 13.8. The molecule has 120 valence electrons. The molecule has 5 nitrogen and oxygen atoms in total. The molecule has 0 aliphatic rings. The van der Waals surface area contributed by atoms with E-state index in [1.54, 1.807) is 55.4 Å². The molecule has 20 heavy (non-hydrogen) atoms. The number of aliphatic hydroxyl groups is 2. The van der Waals surface area contributed by atoms with Crippen LogP contribution in [-0.2, 0) is 9.31 Å². The molecule has 0 aromatic rings. The van der Waals surface area contributed by atoms with E-state index in [4.69, 9.17) is 9.31 Å². The zero-order valence-corrected chi connectivity index (χ0v) is 14.1. The van der Waals surface area contributed by atoms with Crippen LogP contribution >= 0.6 is 0 Å². The van der Waals surface area contributed by atoms with E-state index in [1.807, 2.05) is 0 Å². The average molecular weight is 290 g/mol. The van der Waals surface area contributed by atoms with Crippen LogP contribution in [0, 0.1) is 0 Å². The minimum atomic E-state index is -1.41. The van der Waals surface area contributed by atoms with Gasteiger partial charge >= 0.3 is 7.32 Å². The fourth-order valence-corrected chi connectivity index (χ4v) is 2.74. The summed E-state index contributed by atoms with van der Waals surface area (Å²) >= 11 is 0. The van der Waals surface area contributed by atoms with Crippen LogP contribution in [0.3, 0.4) is 0 Å². The lowest BCUT2D eigenvalue weighted by atomic mass is 9.89. The van der Waals surface area contributed by atoms with E-state index in [0.29, 0.717) is 12.8 Å². The topological polar surface area (TPSA) is 79.2 Å². The van der Waals surface area contributed by atoms with Crippen molar-refractivity contribution in [1.29, 1.82) is 0 Å². The second kappa shape index (κ2) is 6.32. The van der Waals surface area contributed by atoms with Crippen LogP contribution in [0.25, 0.3) is 0 Å². The third-order valence-corrected chi connectivity index (χ3v) is 2.56. The van der Waals surface area contributed by atoms with Crippen LogP contribution in [0.4, 0.5) is 0 Å². The average Bonchev–Trinajstić information content (AvgIpc) is 1.86. The summed E-state index contributed by atoms with van der Waals surface area (Å²) in [6, 6.07) is 0. The first-order chi connectivity index (χ1) is 8.52. The minimum Gasteiger partial charge on any atom is -0.402 e. The highest BCUT2D eigenvalue weighted by Crippen LogP contribution is 2.27. The van der Waals surface area contributed by atoms with Gasteiger partial charge in [0.05, 0.1) is 22.4 Å². The highest BCUT2D eigenvalue weighted by molar-refractivity contribution is 6.34. The van der Waals surface area contributed by atoms with Crippen LogP contribution in [0.2, 0.25) is 0 Å². The largest absolute Gasteiger partial charge is 0.637 e. The molecule has 6 heteroatoms. The van der Waals surface area contributed by atoms with Crippen LogP contribution in [0.5, 0.6) is 0 Å². The maximum absolute atomic E-state index is 9.91. The van der Waals surface area contributed by atoms with Crippen molar-refractivity contribution >= 4 is 7.32 Å². The lowest BCUT2D eigenvalue weighted by Gasteiger charge is -2.36. The normalized spacial score (nSPS) is 14.6. The molecule has 0 saturated heterocycles. The van der Waals surface area contributed by atoms with Crippen molar-refractivity contribution in [3.05, 3.63) is 0 Å². The molecule has 3 N–H and O–H groups in total. The Balaban J connectivity index is 4.52. The molecule has 0 aromatic carbocycles. The van der Waals surface area contributed by atoms with Gasteiger partial charge in [-0.1, -0.05) is 0 Å². The minimum absolute atomic E-state index is 0.354. The standard InChI is InChI=1S/C14H31BO5/c1-11(2,16)9-13(5,6)19-15(18)20-14(7,8)10-12(3,4)17/h16-18H,9-10H2,1-8H3. The van der Waals surface area contributed by atoms with Gasteiger partial charge in [-0.2, -0.15) is 0 Å². The van der Waals surface area contributed by atoms with Gasteiger partial charge in [0.15, 0.2) is 0 Å². The van der Waals surface area contributed by atoms with Crippen molar-refractivity contribution < 1.29 is 24.5 Å². The first-order valence-electron chi connectivity index (χ1n) is 7.00. The Hall–Kier alpha value is -0.135. The number of rotatable bonds is 8. The molecule has 0 unspecified atom stereocenters. The van der Waals surface area contributed by atoms with E-state index in [9.17, 15) is 15.2 Å². The van der Waals surface area contributed by atoms with Crippen LogP contribution in [0.15, 0.2) is 0 Å². The first-order valence-corrected chi connectivity index (χ1v) is 7.00. The lowest BCUT2D eigenvalue weighted by Crippen LogP contribution is -2.46. The molecular formula is C14H31BO5. The van der Waals surface area contributed by atoms with E-state index >= 15 is 0 Å². The Kier molecular flexibility index (Phi) is 6.28. The van der Waals surface area contributed by atoms with E-state index in [-0.39, 0.29) is 0 Å². The Morgan fingerprint density at radius 1 is 0.700 bits per heavy atom. The summed E-state index contributed by atoms with van der Waals surface area (Å²) in [4.78, 5) is 0. The van der Waals surface area contributed by atoms with E-state index in [1.165, 1.54) is 0 Å². The molecule has 0 aliphatic carbocycles. The summed E-state index contributed by atoms with van der Waals surface area (Å²) in [7, 11) is -1.41. The van der Waals surface area contributed by atoms with Crippen molar-refractivity contribution in [3.8, 4) is 0 Å². The Labute approximate surface area is 123 Å². The van der Waals surface area contributed by atoms with Gasteiger partial charge in [0.25, 0.3) is 0 Å². The van der Waals surface area contributed by atoms with Gasteiger partial charge < -0.3 is 24.5 Å². The highest BCUT2D eigenvalue weighted by atomic mass is 16.7. The summed E-state index contributed by atoms with van der Waals surface area (Å²) in [5, 5.41) is 29.5. The summed E-state index contributed by atoms with van der Waals surface area (Å²) in [5.74, 6) is 0. The van der Waals surface area contributed by atoms with Gasteiger partial charge in [0.2, 0.25) is 0 Å². The Bertz CT molecular complexity index is 272. The van der Waals surface area contributed by atoms with Gasteiger partial charge in [0.1, 0.15) is 0 Å². The summed E-state index contributed by atoms with van der Waals surface area (Å²) < 4.78 is 10.9. The second-order valence-corrected chi connectivity index (χ2v) is 8.04. The molecule has 0 spiro atoms. The van der Waals surface area contributed by atoms with Gasteiger partial charge in [0, 0.05) is 12.8 Å². The molecule has 0 aromatic heterocycles. The molecular weight excluding hydrogens is 259 g/mol. The monoisotopic (exact) mass is 290 g/mol. The van der Waals surface area contributed by atoms with Gasteiger partial charge in [-0.3, -0.25) is 0 Å². The molecule has 0 amide bonds. The third-order valence-electron chi connectivity index (χ3n) is 2.56. The molecule has 0 aliphatic heterocycles. The SMILES string of the molecule is CC(C)(O)CC(C)(C)OB(O)OC(C)(C)CC(C)(C)O. The van der Waals surface area contributed by atoms with E-state index in [2.05, 4.69) is 0 Å². The Morgan fingerprint density at radius 2 is 0.950 bits per heavy atom. The predicted octanol–water partition coefficient (Wildman–Crippen LogP) is 1.88. The first kappa shape index (κ1) is 19.9. The molecule has 0 radical (unpaired) electrons. The van der Waals surface area contributed by atoms with Crippen molar-refractivity contribution in [2.45, 2.75) is 90.6 Å². The smallest absolute Gasteiger partial charge is 0.402 e. The second-order valence-electron chi connectivity index (χ2n) is 8.04. The fourth-order valence-electron chi connectivity index (χ4n) is 2.74. The molecule has 0 saturated carbocycles. The zero-order chi connectivity index (χ0) is 16.4. The van der Waals surface area contributed by atoms with Crippen molar-refractivity contribution in [2.75, 3.05) is 0 Å². The van der Waals surface area contributed by atoms with Crippen molar-refractivity contribution in [3.63, 3.8) is 0 Å². The fraction of sp³-hybridized carbons (Fsp3) is 1.00. The van der Waals surface area contributed by atoms with E-state index < -0.39 is 29.7 Å². The zero-order valence-electron chi connectivity index (χ0n) is 14.1. The quantitative estimate of drug-likeness (QED) is 0.595. The van der Waals surface area contributed by atoms with Gasteiger partial charge in [-0.15, -0.1) is 0 Å². The van der Waals surface area contributed by atoms with Crippen molar-refractivity contribution in [2.24, 2.45) is 0 Å². The molecule has 0 fully saturated rings.